The first-order chi connectivity index (χ1) is 15.0. The second-order valence-corrected chi connectivity index (χ2v) is 9.61. The van der Waals surface area contributed by atoms with E-state index in [1.54, 1.807) is 34.8 Å². The van der Waals surface area contributed by atoms with Gasteiger partial charge in [0.05, 0.1) is 11.5 Å². The van der Waals surface area contributed by atoms with Crippen molar-refractivity contribution in [3.8, 4) is 5.88 Å². The summed E-state index contributed by atoms with van der Waals surface area (Å²) in [5.74, 6) is 0.487. The summed E-state index contributed by atoms with van der Waals surface area (Å²) < 4.78 is 32.7. The van der Waals surface area contributed by atoms with Gasteiger partial charge in [-0.15, -0.1) is 0 Å². The molecule has 168 valence electrons. The molecule has 0 atom stereocenters. The van der Waals surface area contributed by atoms with Gasteiger partial charge in [0.1, 0.15) is 0 Å². The second-order valence-electron chi connectivity index (χ2n) is 7.67. The van der Waals surface area contributed by atoms with Crippen LogP contribution in [0.4, 0.5) is 0 Å². The van der Waals surface area contributed by atoms with Crippen molar-refractivity contribution < 1.29 is 17.9 Å². The molecule has 1 aliphatic heterocycles. The van der Waals surface area contributed by atoms with Gasteiger partial charge in [0.2, 0.25) is 21.8 Å². The molecule has 1 saturated heterocycles. The Kier molecular flexibility index (Phi) is 8.43. The van der Waals surface area contributed by atoms with Crippen LogP contribution in [-0.2, 0) is 27.8 Å². The van der Waals surface area contributed by atoms with E-state index in [1.165, 1.54) is 0 Å². The van der Waals surface area contributed by atoms with Crippen molar-refractivity contribution in [2.45, 2.75) is 56.9 Å². The van der Waals surface area contributed by atoms with Crippen molar-refractivity contribution in [2.75, 3.05) is 19.7 Å². The van der Waals surface area contributed by atoms with Gasteiger partial charge in [0.15, 0.2) is 0 Å². The molecule has 8 heteroatoms. The summed E-state index contributed by atoms with van der Waals surface area (Å²) in [4.78, 5) is 16.6. The fraction of sp³-hybridized carbons (Fsp3) is 0.478. The van der Waals surface area contributed by atoms with E-state index in [2.05, 4.69) is 10.3 Å². The van der Waals surface area contributed by atoms with E-state index in [0.717, 1.165) is 36.8 Å². The molecular weight excluding hydrogens is 414 g/mol. The van der Waals surface area contributed by atoms with Crippen LogP contribution >= 0.6 is 0 Å². The highest BCUT2D eigenvalue weighted by atomic mass is 32.2. The molecule has 0 saturated carbocycles. The average molecular weight is 446 g/mol. The predicted molar refractivity (Wildman–Crippen MR) is 119 cm³/mol. The van der Waals surface area contributed by atoms with E-state index >= 15 is 0 Å². The number of ether oxygens (including phenoxy) is 1. The fourth-order valence-corrected chi connectivity index (χ4v) is 5.11. The summed E-state index contributed by atoms with van der Waals surface area (Å²) in [7, 11) is -3.44. The quantitative estimate of drug-likeness (QED) is 0.640. The van der Waals surface area contributed by atoms with Crippen molar-refractivity contribution >= 4 is 15.9 Å². The zero-order valence-electron chi connectivity index (χ0n) is 18.0. The summed E-state index contributed by atoms with van der Waals surface area (Å²) >= 11 is 0. The smallest absolute Gasteiger partial charge is 0.243 e. The van der Waals surface area contributed by atoms with Crippen molar-refractivity contribution in [3.63, 3.8) is 0 Å². The number of amides is 1. The third-order valence-corrected chi connectivity index (χ3v) is 7.26. The molecule has 0 spiro atoms. The van der Waals surface area contributed by atoms with Crippen LogP contribution in [0.1, 0.15) is 50.2 Å². The molecule has 0 bridgehead atoms. The SMILES string of the molecule is CCOc1cc(CNC(=O)CCc2ccc(S(=O)(=O)N3CCCCCC3)cc2)ccn1. The topological polar surface area (TPSA) is 88.6 Å². The number of aromatic nitrogens is 1. The van der Waals surface area contributed by atoms with Gasteiger partial charge in [0, 0.05) is 38.3 Å². The lowest BCUT2D eigenvalue weighted by molar-refractivity contribution is -0.121. The van der Waals surface area contributed by atoms with Crippen LogP contribution in [0.25, 0.3) is 0 Å². The molecule has 1 aromatic carbocycles. The maximum absolute atomic E-state index is 12.9. The monoisotopic (exact) mass is 445 g/mol. The number of nitrogens with one attached hydrogen (secondary N) is 1. The van der Waals surface area contributed by atoms with E-state index in [4.69, 9.17) is 4.74 Å². The number of hydrogen-bond acceptors (Lipinski definition) is 5. The Morgan fingerprint density at radius 3 is 2.45 bits per heavy atom. The van der Waals surface area contributed by atoms with Crippen LogP contribution in [0, 0.1) is 0 Å². The Labute approximate surface area is 184 Å². The Balaban J connectivity index is 1.49. The highest BCUT2D eigenvalue weighted by Gasteiger charge is 2.24. The molecule has 0 radical (unpaired) electrons. The van der Waals surface area contributed by atoms with Gasteiger partial charge in [-0.1, -0.05) is 25.0 Å². The third kappa shape index (κ3) is 6.77. The third-order valence-electron chi connectivity index (χ3n) is 5.35. The molecule has 0 aliphatic carbocycles. The minimum Gasteiger partial charge on any atom is -0.478 e. The number of pyridine rings is 1. The van der Waals surface area contributed by atoms with E-state index < -0.39 is 10.0 Å². The Morgan fingerprint density at radius 1 is 1.06 bits per heavy atom. The number of benzene rings is 1. The van der Waals surface area contributed by atoms with E-state index in [0.29, 0.717) is 49.9 Å². The standard InChI is InChI=1S/C23H31N3O4S/c1-2-30-23-17-20(13-14-24-23)18-25-22(27)12-9-19-7-10-21(11-8-19)31(28,29)26-15-5-3-4-6-16-26/h7-8,10-11,13-14,17H,2-6,9,12,15-16,18H2,1H3,(H,25,27). The fourth-order valence-electron chi connectivity index (χ4n) is 3.59. The molecule has 1 amide bonds. The molecule has 31 heavy (non-hydrogen) atoms. The number of carbonyl (C=O) groups excluding carboxylic acids is 1. The maximum atomic E-state index is 12.9. The molecule has 1 N–H and O–H groups in total. The van der Waals surface area contributed by atoms with Gasteiger partial charge in [-0.2, -0.15) is 4.31 Å². The molecule has 1 fully saturated rings. The molecule has 1 aromatic heterocycles. The summed E-state index contributed by atoms with van der Waals surface area (Å²) in [5.41, 5.74) is 1.86. The molecule has 7 nitrogen and oxygen atoms in total. The summed E-state index contributed by atoms with van der Waals surface area (Å²) in [6, 6.07) is 10.6. The summed E-state index contributed by atoms with van der Waals surface area (Å²) in [6.45, 7) is 4.03. The molecule has 3 rings (SSSR count). The lowest BCUT2D eigenvalue weighted by Crippen LogP contribution is -2.31. The number of hydrogen-bond donors (Lipinski definition) is 1. The van der Waals surface area contributed by atoms with E-state index in [-0.39, 0.29) is 5.91 Å². The van der Waals surface area contributed by atoms with Gasteiger partial charge >= 0.3 is 0 Å². The van der Waals surface area contributed by atoms with Gasteiger partial charge in [-0.05, 0) is 55.5 Å². The Morgan fingerprint density at radius 2 is 1.77 bits per heavy atom. The number of carbonyl (C=O) groups is 1. The van der Waals surface area contributed by atoms with Crippen molar-refractivity contribution in [3.05, 3.63) is 53.7 Å². The average Bonchev–Trinajstić information content (AvgIpc) is 3.07. The minimum atomic E-state index is -3.44. The molecular formula is C23H31N3O4S. The van der Waals surface area contributed by atoms with Crippen molar-refractivity contribution in [2.24, 2.45) is 0 Å². The van der Waals surface area contributed by atoms with Crippen LogP contribution in [0.3, 0.4) is 0 Å². The number of rotatable bonds is 9. The van der Waals surface area contributed by atoms with Crippen LogP contribution < -0.4 is 10.1 Å². The normalized spacial score (nSPS) is 15.3. The van der Waals surface area contributed by atoms with Crippen molar-refractivity contribution in [1.82, 2.24) is 14.6 Å². The highest BCUT2D eigenvalue weighted by molar-refractivity contribution is 7.89. The van der Waals surface area contributed by atoms with E-state index in [1.807, 2.05) is 19.1 Å². The van der Waals surface area contributed by atoms with Gasteiger partial charge in [-0.3, -0.25) is 4.79 Å². The maximum Gasteiger partial charge on any atom is 0.243 e. The first-order valence-electron chi connectivity index (χ1n) is 10.9. The zero-order chi connectivity index (χ0) is 22.1. The largest absolute Gasteiger partial charge is 0.478 e. The van der Waals surface area contributed by atoms with Gasteiger partial charge in [-0.25, -0.2) is 13.4 Å². The predicted octanol–water partition coefficient (Wildman–Crippen LogP) is 3.29. The number of nitrogens with zero attached hydrogens (tertiary/aromatic N) is 2. The van der Waals surface area contributed by atoms with Crippen LogP contribution in [0.2, 0.25) is 0 Å². The van der Waals surface area contributed by atoms with Gasteiger partial charge in [0.25, 0.3) is 0 Å². The van der Waals surface area contributed by atoms with E-state index in [9.17, 15) is 13.2 Å². The zero-order valence-corrected chi connectivity index (χ0v) is 18.9. The molecule has 0 unspecified atom stereocenters. The molecule has 2 aromatic rings. The van der Waals surface area contributed by atoms with Crippen LogP contribution in [0.5, 0.6) is 5.88 Å². The molecule has 2 heterocycles. The lowest BCUT2D eigenvalue weighted by atomic mass is 10.1. The first kappa shape index (κ1) is 23.2. The van der Waals surface area contributed by atoms with Crippen LogP contribution in [0.15, 0.2) is 47.5 Å². The van der Waals surface area contributed by atoms with Crippen LogP contribution in [-0.4, -0.2) is 43.3 Å². The number of aryl methyl sites for hydroxylation is 1. The highest BCUT2D eigenvalue weighted by Crippen LogP contribution is 2.21. The van der Waals surface area contributed by atoms with Gasteiger partial charge < -0.3 is 10.1 Å². The summed E-state index contributed by atoms with van der Waals surface area (Å²) in [6.07, 6.45) is 6.55. The van der Waals surface area contributed by atoms with Crippen molar-refractivity contribution in [1.29, 1.82) is 0 Å². The Hall–Kier alpha value is -2.45. The Bertz CT molecular complexity index is 953. The number of sulfonamides is 1. The molecule has 1 aliphatic rings. The minimum absolute atomic E-state index is 0.0592. The second kappa shape index (κ2) is 11.2. The first-order valence-corrected chi connectivity index (χ1v) is 12.4. The lowest BCUT2D eigenvalue weighted by Gasteiger charge is -2.20. The summed E-state index contributed by atoms with van der Waals surface area (Å²) in [5, 5.41) is 2.90.